The highest BCUT2D eigenvalue weighted by atomic mass is 19.4. The van der Waals surface area contributed by atoms with Crippen molar-refractivity contribution < 1.29 is 18.0 Å². The quantitative estimate of drug-likeness (QED) is 0.562. The number of amides is 1. The Morgan fingerprint density at radius 3 is 2.29 bits per heavy atom. The zero-order valence-corrected chi connectivity index (χ0v) is 7.82. The standard InChI is InChI=1S/C7H14F3N3O/c1-6(12,7(8,9)10)5(14)13-4-2-3-11/h2-4,11-12H2,1H3,(H,13,14). The zero-order valence-electron chi connectivity index (χ0n) is 7.82. The third-order valence-corrected chi connectivity index (χ3v) is 1.73. The number of nitrogens with one attached hydrogen (secondary N) is 1. The van der Waals surface area contributed by atoms with Gasteiger partial charge >= 0.3 is 6.18 Å². The third kappa shape index (κ3) is 3.15. The summed E-state index contributed by atoms with van der Waals surface area (Å²) in [5, 5.41) is 2.07. The van der Waals surface area contributed by atoms with Gasteiger partial charge in [0.2, 0.25) is 5.91 Å². The van der Waals surface area contributed by atoms with Crippen LogP contribution in [0.4, 0.5) is 13.2 Å². The Morgan fingerprint density at radius 2 is 1.93 bits per heavy atom. The van der Waals surface area contributed by atoms with Gasteiger partial charge in [-0.2, -0.15) is 13.2 Å². The predicted molar refractivity (Wildman–Crippen MR) is 45.3 cm³/mol. The first-order valence-electron chi connectivity index (χ1n) is 4.07. The van der Waals surface area contributed by atoms with Crippen LogP contribution in [0.1, 0.15) is 13.3 Å². The highest BCUT2D eigenvalue weighted by molar-refractivity contribution is 5.86. The van der Waals surface area contributed by atoms with Crippen molar-refractivity contribution in [3.63, 3.8) is 0 Å². The smallest absolute Gasteiger partial charge is 0.354 e. The molecule has 0 aliphatic heterocycles. The summed E-state index contributed by atoms with van der Waals surface area (Å²) in [6.45, 7) is 1.02. The van der Waals surface area contributed by atoms with Crippen LogP contribution in [0, 0.1) is 0 Å². The van der Waals surface area contributed by atoms with Crippen LogP contribution in [0.15, 0.2) is 0 Å². The minimum absolute atomic E-state index is 0.0954. The molecular formula is C7H14F3N3O. The van der Waals surface area contributed by atoms with Crippen molar-refractivity contribution in [2.75, 3.05) is 13.1 Å². The number of halogens is 3. The molecule has 84 valence electrons. The van der Waals surface area contributed by atoms with Crippen molar-refractivity contribution in [3.05, 3.63) is 0 Å². The first-order chi connectivity index (χ1) is 6.23. The molecule has 5 N–H and O–H groups in total. The van der Waals surface area contributed by atoms with Crippen molar-refractivity contribution in [1.29, 1.82) is 0 Å². The van der Waals surface area contributed by atoms with Gasteiger partial charge < -0.3 is 16.8 Å². The van der Waals surface area contributed by atoms with Gasteiger partial charge in [-0.25, -0.2) is 0 Å². The molecule has 0 aromatic carbocycles. The molecule has 0 rings (SSSR count). The van der Waals surface area contributed by atoms with Crippen LogP contribution < -0.4 is 16.8 Å². The molecule has 0 heterocycles. The van der Waals surface area contributed by atoms with Crippen molar-refractivity contribution in [2.24, 2.45) is 11.5 Å². The maximum Gasteiger partial charge on any atom is 0.415 e. The van der Waals surface area contributed by atoms with E-state index in [0.717, 1.165) is 0 Å². The lowest BCUT2D eigenvalue weighted by Crippen LogP contribution is -2.61. The van der Waals surface area contributed by atoms with E-state index in [0.29, 0.717) is 19.9 Å². The van der Waals surface area contributed by atoms with Crippen molar-refractivity contribution >= 4 is 5.91 Å². The number of hydrogen-bond acceptors (Lipinski definition) is 3. The first kappa shape index (κ1) is 13.2. The Kier molecular flexibility index (Phi) is 4.34. The van der Waals surface area contributed by atoms with Gasteiger partial charge in [-0.1, -0.05) is 0 Å². The molecule has 0 saturated carbocycles. The van der Waals surface area contributed by atoms with Gasteiger partial charge in [0.15, 0.2) is 5.54 Å². The Hall–Kier alpha value is -0.820. The van der Waals surface area contributed by atoms with Crippen LogP contribution in [0.25, 0.3) is 0 Å². The van der Waals surface area contributed by atoms with Crippen LogP contribution in [-0.4, -0.2) is 30.7 Å². The maximum absolute atomic E-state index is 12.2. The number of alkyl halides is 3. The normalized spacial score (nSPS) is 16.1. The van der Waals surface area contributed by atoms with E-state index in [1.54, 1.807) is 0 Å². The Bertz CT molecular complexity index is 203. The summed E-state index contributed by atoms with van der Waals surface area (Å²) in [7, 11) is 0. The molecule has 1 amide bonds. The highest BCUT2D eigenvalue weighted by Gasteiger charge is 2.53. The molecule has 0 bridgehead atoms. The van der Waals surface area contributed by atoms with Crippen molar-refractivity contribution in [2.45, 2.75) is 25.1 Å². The van der Waals surface area contributed by atoms with Crippen molar-refractivity contribution in [3.8, 4) is 0 Å². The van der Waals surface area contributed by atoms with Crippen LogP contribution in [0.5, 0.6) is 0 Å². The number of nitrogens with two attached hydrogens (primary N) is 2. The Balaban J connectivity index is 4.23. The molecule has 4 nitrogen and oxygen atoms in total. The summed E-state index contributed by atoms with van der Waals surface area (Å²) >= 11 is 0. The minimum atomic E-state index is -4.75. The number of rotatable bonds is 4. The van der Waals surface area contributed by atoms with Crippen LogP contribution in [0.3, 0.4) is 0 Å². The molecule has 0 fully saturated rings. The van der Waals surface area contributed by atoms with E-state index in [1.807, 2.05) is 0 Å². The van der Waals surface area contributed by atoms with E-state index in [2.05, 4.69) is 5.32 Å². The Morgan fingerprint density at radius 1 is 1.43 bits per heavy atom. The second kappa shape index (κ2) is 4.61. The lowest BCUT2D eigenvalue weighted by atomic mass is 10.0. The van der Waals surface area contributed by atoms with Gasteiger partial charge in [0.05, 0.1) is 0 Å². The number of hydrogen-bond donors (Lipinski definition) is 3. The second-order valence-corrected chi connectivity index (χ2v) is 3.10. The summed E-state index contributed by atoms with van der Waals surface area (Å²) in [6.07, 6.45) is -4.33. The lowest BCUT2D eigenvalue weighted by molar-refractivity contribution is -0.187. The SMILES string of the molecule is CC(N)(C(=O)NCCCN)C(F)(F)F. The van der Waals surface area contributed by atoms with E-state index in [1.165, 1.54) is 0 Å². The maximum atomic E-state index is 12.2. The minimum Gasteiger partial charge on any atom is -0.354 e. The molecule has 0 saturated heterocycles. The van der Waals surface area contributed by atoms with E-state index in [9.17, 15) is 18.0 Å². The fourth-order valence-corrected chi connectivity index (χ4v) is 0.616. The van der Waals surface area contributed by atoms with Gasteiger partial charge in [-0.3, -0.25) is 4.79 Å². The van der Waals surface area contributed by atoms with Crippen LogP contribution in [-0.2, 0) is 4.79 Å². The first-order valence-corrected chi connectivity index (χ1v) is 4.07. The van der Waals surface area contributed by atoms with Gasteiger partial charge in [-0.15, -0.1) is 0 Å². The molecule has 0 radical (unpaired) electrons. The summed E-state index contributed by atoms with van der Waals surface area (Å²) < 4.78 is 36.5. The molecule has 0 aromatic heterocycles. The largest absolute Gasteiger partial charge is 0.415 e. The second-order valence-electron chi connectivity index (χ2n) is 3.10. The van der Waals surface area contributed by atoms with Gasteiger partial charge in [0, 0.05) is 6.54 Å². The molecule has 0 aromatic rings. The van der Waals surface area contributed by atoms with Gasteiger partial charge in [-0.05, 0) is 19.9 Å². The fraction of sp³-hybridized carbons (Fsp3) is 0.857. The topological polar surface area (TPSA) is 81.1 Å². The van der Waals surface area contributed by atoms with E-state index in [4.69, 9.17) is 11.5 Å². The lowest BCUT2D eigenvalue weighted by Gasteiger charge is -2.26. The van der Waals surface area contributed by atoms with Gasteiger partial charge in [0.1, 0.15) is 0 Å². The molecule has 1 unspecified atom stereocenters. The molecule has 0 aliphatic carbocycles. The van der Waals surface area contributed by atoms with Crippen LogP contribution >= 0.6 is 0 Å². The van der Waals surface area contributed by atoms with Crippen molar-refractivity contribution in [1.82, 2.24) is 5.32 Å². The number of carbonyl (C=O) groups excluding carboxylic acids is 1. The molecule has 14 heavy (non-hydrogen) atoms. The molecule has 0 aliphatic rings. The predicted octanol–water partition coefficient (Wildman–Crippen LogP) is -0.269. The number of carbonyl (C=O) groups is 1. The fourth-order valence-electron chi connectivity index (χ4n) is 0.616. The third-order valence-electron chi connectivity index (χ3n) is 1.73. The monoisotopic (exact) mass is 213 g/mol. The van der Waals surface area contributed by atoms with E-state index >= 15 is 0 Å². The van der Waals surface area contributed by atoms with Gasteiger partial charge in [0.25, 0.3) is 0 Å². The average Bonchev–Trinajstić information content (AvgIpc) is 2.02. The summed E-state index contributed by atoms with van der Waals surface area (Å²) in [4.78, 5) is 11.0. The summed E-state index contributed by atoms with van der Waals surface area (Å²) in [5.41, 5.74) is 7.11. The molecule has 0 spiro atoms. The Labute approximate surface area is 79.8 Å². The van der Waals surface area contributed by atoms with E-state index < -0.39 is 17.6 Å². The summed E-state index contributed by atoms with van der Waals surface area (Å²) in [5.74, 6) is -1.24. The highest BCUT2D eigenvalue weighted by Crippen LogP contribution is 2.27. The van der Waals surface area contributed by atoms with E-state index in [-0.39, 0.29) is 6.54 Å². The zero-order chi connectivity index (χ0) is 11.4. The molecular weight excluding hydrogens is 199 g/mol. The molecule has 7 heteroatoms. The molecule has 1 atom stereocenters. The van der Waals surface area contributed by atoms with Crippen LogP contribution in [0.2, 0.25) is 0 Å². The summed E-state index contributed by atoms with van der Waals surface area (Å²) in [6, 6.07) is 0. The average molecular weight is 213 g/mol.